The second-order valence-corrected chi connectivity index (χ2v) is 4.16. The van der Waals surface area contributed by atoms with E-state index in [4.69, 9.17) is 9.47 Å². The Balaban J connectivity index is 2.21. The van der Waals surface area contributed by atoms with E-state index in [1.54, 1.807) is 6.92 Å². The predicted octanol–water partition coefficient (Wildman–Crippen LogP) is 2.37. The van der Waals surface area contributed by atoms with E-state index >= 15 is 0 Å². The van der Waals surface area contributed by atoms with Gasteiger partial charge in [-0.15, -0.1) is 0 Å². The summed E-state index contributed by atoms with van der Waals surface area (Å²) in [5.41, 5.74) is 1.73. The van der Waals surface area contributed by atoms with Gasteiger partial charge in [-0.25, -0.2) is 0 Å². The molecule has 0 saturated carbocycles. The minimum absolute atomic E-state index is 0.0395. The van der Waals surface area contributed by atoms with Crippen LogP contribution in [0.2, 0.25) is 0 Å². The molecular formula is C13H16O3. The van der Waals surface area contributed by atoms with Gasteiger partial charge in [-0.1, -0.05) is 11.6 Å². The van der Waals surface area contributed by atoms with Crippen LogP contribution in [0.1, 0.15) is 29.3 Å². The molecule has 0 bridgehead atoms. The van der Waals surface area contributed by atoms with E-state index in [1.807, 2.05) is 25.1 Å². The molecule has 86 valence electrons. The Kier molecular flexibility index (Phi) is 3.25. The van der Waals surface area contributed by atoms with Crippen molar-refractivity contribution in [2.45, 2.75) is 26.4 Å². The summed E-state index contributed by atoms with van der Waals surface area (Å²) in [5, 5.41) is 0. The first-order valence-corrected chi connectivity index (χ1v) is 5.53. The fourth-order valence-electron chi connectivity index (χ4n) is 1.81. The van der Waals surface area contributed by atoms with Crippen molar-refractivity contribution < 1.29 is 14.3 Å². The maximum absolute atomic E-state index is 11.5. The molecule has 1 aromatic rings. The zero-order valence-corrected chi connectivity index (χ0v) is 9.66. The number of hydrogen-bond acceptors (Lipinski definition) is 3. The highest BCUT2D eigenvalue weighted by atomic mass is 16.5. The van der Waals surface area contributed by atoms with Crippen LogP contribution in [0, 0.1) is 6.92 Å². The lowest BCUT2D eigenvalue weighted by molar-refractivity contribution is 0.100. The molecule has 0 N–H and O–H groups in total. The standard InChI is InChI=1S/C13H16O3/c1-9-3-4-13(12(7-9)10(2)14)16-11-5-6-15-8-11/h3-4,7,11H,5-6,8H2,1-2H3. The van der Waals surface area contributed by atoms with Crippen molar-refractivity contribution in [3.63, 3.8) is 0 Å². The van der Waals surface area contributed by atoms with E-state index in [0.29, 0.717) is 17.9 Å². The zero-order valence-electron chi connectivity index (χ0n) is 9.66. The third-order valence-corrected chi connectivity index (χ3v) is 2.70. The van der Waals surface area contributed by atoms with Gasteiger partial charge in [0.05, 0.1) is 18.8 Å². The first-order chi connectivity index (χ1) is 7.66. The van der Waals surface area contributed by atoms with E-state index < -0.39 is 0 Å². The van der Waals surface area contributed by atoms with Gasteiger partial charge in [-0.3, -0.25) is 4.79 Å². The molecule has 0 amide bonds. The molecule has 0 aromatic heterocycles. The molecule has 2 rings (SSSR count). The summed E-state index contributed by atoms with van der Waals surface area (Å²) in [5.74, 6) is 0.714. The third kappa shape index (κ3) is 2.42. The second-order valence-electron chi connectivity index (χ2n) is 4.16. The lowest BCUT2D eigenvalue weighted by Gasteiger charge is -2.14. The first-order valence-electron chi connectivity index (χ1n) is 5.53. The van der Waals surface area contributed by atoms with Gasteiger partial charge in [0.1, 0.15) is 11.9 Å². The molecule has 0 radical (unpaired) electrons. The van der Waals surface area contributed by atoms with Crippen LogP contribution in [-0.4, -0.2) is 25.1 Å². The van der Waals surface area contributed by atoms with E-state index in [-0.39, 0.29) is 11.9 Å². The topological polar surface area (TPSA) is 35.5 Å². The molecule has 0 aliphatic carbocycles. The summed E-state index contributed by atoms with van der Waals surface area (Å²) in [6, 6.07) is 5.69. The summed E-state index contributed by atoms with van der Waals surface area (Å²) in [4.78, 5) is 11.5. The fraction of sp³-hybridized carbons (Fsp3) is 0.462. The van der Waals surface area contributed by atoms with Crippen LogP contribution in [0.3, 0.4) is 0 Å². The van der Waals surface area contributed by atoms with E-state index in [0.717, 1.165) is 18.6 Å². The lowest BCUT2D eigenvalue weighted by Crippen LogP contribution is -2.17. The van der Waals surface area contributed by atoms with Crippen molar-refractivity contribution in [1.29, 1.82) is 0 Å². The molecule has 1 atom stereocenters. The molecule has 16 heavy (non-hydrogen) atoms. The van der Waals surface area contributed by atoms with Gasteiger partial charge in [-0.05, 0) is 26.0 Å². The smallest absolute Gasteiger partial charge is 0.163 e. The Hall–Kier alpha value is -1.35. The zero-order chi connectivity index (χ0) is 11.5. The molecule has 1 aliphatic rings. The summed E-state index contributed by atoms with van der Waals surface area (Å²) in [7, 11) is 0. The maximum Gasteiger partial charge on any atom is 0.163 e. The molecule has 1 unspecified atom stereocenters. The van der Waals surface area contributed by atoms with Crippen molar-refractivity contribution in [1.82, 2.24) is 0 Å². The summed E-state index contributed by atoms with van der Waals surface area (Å²) < 4.78 is 11.0. The number of ketones is 1. The van der Waals surface area contributed by atoms with Gasteiger partial charge >= 0.3 is 0 Å². The number of carbonyl (C=O) groups is 1. The van der Waals surface area contributed by atoms with Gasteiger partial charge in [0.15, 0.2) is 5.78 Å². The average molecular weight is 220 g/mol. The maximum atomic E-state index is 11.5. The van der Waals surface area contributed by atoms with Crippen LogP contribution in [0.4, 0.5) is 0 Å². The molecule has 1 fully saturated rings. The van der Waals surface area contributed by atoms with Crippen molar-refractivity contribution >= 4 is 5.78 Å². The van der Waals surface area contributed by atoms with Crippen LogP contribution in [0.25, 0.3) is 0 Å². The second kappa shape index (κ2) is 4.66. The summed E-state index contributed by atoms with van der Waals surface area (Å²) in [6.07, 6.45) is 0.978. The summed E-state index contributed by atoms with van der Waals surface area (Å²) >= 11 is 0. The Bertz CT molecular complexity index is 392. The van der Waals surface area contributed by atoms with E-state index in [1.165, 1.54) is 0 Å². The minimum atomic E-state index is 0.0395. The van der Waals surface area contributed by atoms with Crippen LogP contribution in [-0.2, 0) is 4.74 Å². The Morgan fingerprint density at radius 2 is 2.31 bits per heavy atom. The van der Waals surface area contributed by atoms with Crippen LogP contribution < -0.4 is 4.74 Å². The molecule has 1 saturated heterocycles. The average Bonchev–Trinajstić information content (AvgIpc) is 2.73. The van der Waals surface area contributed by atoms with E-state index in [9.17, 15) is 4.79 Å². The Labute approximate surface area is 95.4 Å². The highest BCUT2D eigenvalue weighted by Crippen LogP contribution is 2.23. The highest BCUT2D eigenvalue weighted by Gasteiger charge is 2.19. The van der Waals surface area contributed by atoms with Gasteiger partial charge in [-0.2, -0.15) is 0 Å². The van der Waals surface area contributed by atoms with Crippen LogP contribution in [0.5, 0.6) is 5.75 Å². The number of aryl methyl sites for hydroxylation is 1. The van der Waals surface area contributed by atoms with Crippen molar-refractivity contribution in [3.05, 3.63) is 29.3 Å². The van der Waals surface area contributed by atoms with Crippen LogP contribution in [0.15, 0.2) is 18.2 Å². The normalized spacial score (nSPS) is 19.8. The monoisotopic (exact) mass is 220 g/mol. The molecule has 3 nitrogen and oxygen atoms in total. The van der Waals surface area contributed by atoms with Crippen molar-refractivity contribution in [3.8, 4) is 5.75 Å². The largest absolute Gasteiger partial charge is 0.487 e. The van der Waals surface area contributed by atoms with Gasteiger partial charge in [0.25, 0.3) is 0 Å². The van der Waals surface area contributed by atoms with Crippen LogP contribution >= 0.6 is 0 Å². The molecule has 3 heteroatoms. The number of hydrogen-bond donors (Lipinski definition) is 0. The molecule has 1 aromatic carbocycles. The van der Waals surface area contributed by atoms with Gasteiger partial charge in [0, 0.05) is 6.42 Å². The quantitative estimate of drug-likeness (QED) is 0.733. The summed E-state index contributed by atoms with van der Waals surface area (Å²) in [6.45, 7) is 4.89. The fourth-order valence-corrected chi connectivity index (χ4v) is 1.81. The SMILES string of the molecule is CC(=O)c1cc(C)ccc1OC1CCOC1. The number of Topliss-reactive ketones (excluding diaryl/α,β-unsaturated/α-hetero) is 1. The minimum Gasteiger partial charge on any atom is -0.487 e. The van der Waals surface area contributed by atoms with Gasteiger partial charge in [0.2, 0.25) is 0 Å². The number of rotatable bonds is 3. The van der Waals surface area contributed by atoms with Gasteiger partial charge < -0.3 is 9.47 Å². The molecule has 0 spiro atoms. The Morgan fingerprint density at radius 3 is 2.94 bits per heavy atom. The third-order valence-electron chi connectivity index (χ3n) is 2.70. The number of ether oxygens (including phenoxy) is 2. The van der Waals surface area contributed by atoms with Crippen molar-refractivity contribution in [2.24, 2.45) is 0 Å². The lowest BCUT2D eigenvalue weighted by atomic mass is 10.1. The van der Waals surface area contributed by atoms with E-state index in [2.05, 4.69) is 0 Å². The molecular weight excluding hydrogens is 204 g/mol. The number of carbonyl (C=O) groups excluding carboxylic acids is 1. The van der Waals surface area contributed by atoms with Crippen molar-refractivity contribution in [2.75, 3.05) is 13.2 Å². The molecule has 1 aliphatic heterocycles. The Morgan fingerprint density at radius 1 is 1.50 bits per heavy atom. The molecule has 1 heterocycles. The highest BCUT2D eigenvalue weighted by molar-refractivity contribution is 5.97. The first kappa shape index (κ1) is 11.1. The predicted molar refractivity (Wildman–Crippen MR) is 61.0 cm³/mol. The number of benzene rings is 1.